The predicted molar refractivity (Wildman–Crippen MR) is 163 cm³/mol. The van der Waals surface area contributed by atoms with Crippen molar-refractivity contribution in [1.29, 1.82) is 0 Å². The maximum atomic E-state index is 13.6. The number of para-hydroxylation sites is 1. The van der Waals surface area contributed by atoms with Crippen LogP contribution in [0.5, 0.6) is 0 Å². The molecule has 3 heterocycles. The summed E-state index contributed by atoms with van der Waals surface area (Å²) in [5, 5.41) is 14.0. The molecule has 0 fully saturated rings. The van der Waals surface area contributed by atoms with E-state index in [1.165, 1.54) is 0 Å². The van der Waals surface area contributed by atoms with E-state index in [4.69, 9.17) is 4.42 Å². The van der Waals surface area contributed by atoms with E-state index < -0.39 is 17.8 Å². The van der Waals surface area contributed by atoms with Crippen molar-refractivity contribution in [1.82, 2.24) is 15.2 Å². The van der Waals surface area contributed by atoms with Crippen molar-refractivity contribution >= 4 is 28.9 Å². The van der Waals surface area contributed by atoms with Gasteiger partial charge in [0.2, 0.25) is 0 Å². The molecule has 226 valence electrons. The number of alkyl halides is 3. The summed E-state index contributed by atoms with van der Waals surface area (Å²) < 4.78 is 46.5. The molecule has 1 amide bonds. The molecule has 2 N–H and O–H groups in total. The number of hydrogen-bond donors (Lipinski definition) is 2. The molecule has 11 heteroatoms. The van der Waals surface area contributed by atoms with Gasteiger partial charge < -0.3 is 20.0 Å². The standard InChI is InChI=1S/C30H29F3N6O2.C2H6/c1-3-14-39(15-4-2)25-16-20(30(31,32)33)18-34-26(25)28-37-38-29(41-28)36-24-17-22(19-10-6-5-7-11-19)21-12-8-9-13-23(21)35-27(24)40;1-2/h5-13,16-18,24H,3-4,14-15H2,1-2H3,(H,35,40)(H,36,38);1-2H3. The number of halogens is 3. The van der Waals surface area contributed by atoms with Crippen LogP contribution in [0.4, 0.5) is 30.6 Å². The van der Waals surface area contributed by atoms with E-state index in [1.807, 2.05) is 87.2 Å². The largest absolute Gasteiger partial charge is 0.417 e. The molecule has 0 saturated heterocycles. The third-order valence-electron chi connectivity index (χ3n) is 6.60. The summed E-state index contributed by atoms with van der Waals surface area (Å²) in [6, 6.07) is 17.3. The zero-order chi connectivity index (χ0) is 31.0. The number of carbonyl (C=O) groups excluding carboxylic acids is 1. The second-order valence-corrected chi connectivity index (χ2v) is 9.59. The third kappa shape index (κ3) is 7.22. The number of amides is 1. The molecule has 1 unspecified atom stereocenters. The van der Waals surface area contributed by atoms with Crippen molar-refractivity contribution < 1.29 is 22.4 Å². The zero-order valence-electron chi connectivity index (χ0n) is 24.6. The first-order valence-corrected chi connectivity index (χ1v) is 14.4. The maximum absolute atomic E-state index is 13.6. The fraction of sp³-hybridized carbons (Fsp3) is 0.312. The van der Waals surface area contributed by atoms with E-state index in [0.717, 1.165) is 41.8 Å². The Bertz CT molecular complexity index is 1550. The minimum absolute atomic E-state index is 0.0574. The Kier molecular flexibility index (Phi) is 10.2. The molecular weight excluding hydrogens is 557 g/mol. The van der Waals surface area contributed by atoms with Crippen molar-refractivity contribution in [2.75, 3.05) is 28.6 Å². The van der Waals surface area contributed by atoms with Crippen LogP contribution < -0.4 is 15.5 Å². The third-order valence-corrected chi connectivity index (χ3v) is 6.60. The van der Waals surface area contributed by atoms with E-state index in [2.05, 4.69) is 25.8 Å². The highest BCUT2D eigenvalue weighted by atomic mass is 19.4. The number of carbonyl (C=O) groups is 1. The van der Waals surface area contributed by atoms with Gasteiger partial charge in [-0.15, -0.1) is 5.10 Å². The second-order valence-electron chi connectivity index (χ2n) is 9.59. The van der Waals surface area contributed by atoms with Crippen LogP contribution in [0.3, 0.4) is 0 Å². The first-order valence-electron chi connectivity index (χ1n) is 14.4. The number of pyridine rings is 1. The minimum atomic E-state index is -4.56. The van der Waals surface area contributed by atoms with Crippen LogP contribution in [0.1, 0.15) is 57.2 Å². The van der Waals surface area contributed by atoms with Gasteiger partial charge in [-0.05, 0) is 42.2 Å². The molecule has 1 aliphatic rings. The van der Waals surface area contributed by atoms with Crippen LogP contribution in [0.25, 0.3) is 17.2 Å². The summed E-state index contributed by atoms with van der Waals surface area (Å²) in [6.45, 7) is 8.95. The molecule has 1 atom stereocenters. The Hall–Kier alpha value is -4.67. The molecular formula is C32H35F3N6O2. The number of rotatable bonds is 9. The van der Waals surface area contributed by atoms with E-state index in [1.54, 1.807) is 6.08 Å². The first-order chi connectivity index (χ1) is 20.8. The molecule has 0 radical (unpaired) electrons. The van der Waals surface area contributed by atoms with Gasteiger partial charge in [0, 0.05) is 30.5 Å². The second kappa shape index (κ2) is 14.0. The number of nitrogens with zero attached hydrogens (tertiary/aromatic N) is 4. The predicted octanol–water partition coefficient (Wildman–Crippen LogP) is 7.67. The Balaban J connectivity index is 0.00000207. The maximum Gasteiger partial charge on any atom is 0.417 e. The van der Waals surface area contributed by atoms with Crippen molar-refractivity contribution in [2.24, 2.45) is 0 Å². The Labute approximate surface area is 249 Å². The van der Waals surface area contributed by atoms with Crippen LogP contribution in [-0.2, 0) is 11.0 Å². The van der Waals surface area contributed by atoms with Gasteiger partial charge >= 0.3 is 12.2 Å². The Morgan fingerprint density at radius 1 is 0.977 bits per heavy atom. The molecule has 0 spiro atoms. The quantitative estimate of drug-likeness (QED) is 0.206. The lowest BCUT2D eigenvalue weighted by atomic mass is 9.96. The lowest BCUT2D eigenvalue weighted by molar-refractivity contribution is -0.137. The highest BCUT2D eigenvalue weighted by molar-refractivity contribution is 6.05. The average molecular weight is 593 g/mol. The highest BCUT2D eigenvalue weighted by Gasteiger charge is 2.33. The van der Waals surface area contributed by atoms with Crippen LogP contribution >= 0.6 is 0 Å². The molecule has 0 saturated carbocycles. The van der Waals surface area contributed by atoms with Crippen molar-refractivity contribution in [3.05, 3.63) is 89.6 Å². The summed E-state index contributed by atoms with van der Waals surface area (Å²) in [4.78, 5) is 19.1. The van der Waals surface area contributed by atoms with Gasteiger partial charge in [-0.1, -0.05) is 81.3 Å². The number of nitrogens with one attached hydrogen (secondary N) is 2. The summed E-state index contributed by atoms with van der Waals surface area (Å²) >= 11 is 0. The summed E-state index contributed by atoms with van der Waals surface area (Å²) in [7, 11) is 0. The van der Waals surface area contributed by atoms with E-state index >= 15 is 0 Å². The van der Waals surface area contributed by atoms with Gasteiger partial charge in [0.1, 0.15) is 6.04 Å². The van der Waals surface area contributed by atoms with Crippen LogP contribution in [0.15, 0.2) is 77.4 Å². The van der Waals surface area contributed by atoms with E-state index in [0.29, 0.717) is 18.8 Å². The number of fused-ring (bicyclic) bond motifs is 1. The van der Waals surface area contributed by atoms with E-state index in [9.17, 15) is 18.0 Å². The average Bonchev–Trinajstić information content (AvgIpc) is 3.43. The molecule has 1 aliphatic heterocycles. The van der Waals surface area contributed by atoms with Gasteiger partial charge in [0.05, 0.1) is 11.3 Å². The lowest BCUT2D eigenvalue weighted by Crippen LogP contribution is -2.32. The first kappa shape index (κ1) is 31.3. The monoisotopic (exact) mass is 592 g/mol. The minimum Gasteiger partial charge on any atom is -0.402 e. The van der Waals surface area contributed by atoms with Gasteiger partial charge in [-0.25, -0.2) is 4.98 Å². The molecule has 2 aromatic heterocycles. The molecule has 8 nitrogen and oxygen atoms in total. The lowest BCUT2D eigenvalue weighted by Gasteiger charge is -2.25. The fourth-order valence-corrected chi connectivity index (χ4v) is 4.76. The molecule has 2 aromatic carbocycles. The Morgan fingerprint density at radius 2 is 1.65 bits per heavy atom. The van der Waals surface area contributed by atoms with Crippen molar-refractivity contribution in [3.8, 4) is 11.6 Å². The molecule has 0 bridgehead atoms. The van der Waals surface area contributed by atoms with Gasteiger partial charge in [0.25, 0.3) is 11.8 Å². The molecule has 4 aromatic rings. The zero-order valence-corrected chi connectivity index (χ0v) is 24.6. The van der Waals surface area contributed by atoms with Crippen molar-refractivity contribution in [3.63, 3.8) is 0 Å². The number of anilines is 3. The Morgan fingerprint density at radius 3 is 2.33 bits per heavy atom. The number of hydrogen-bond acceptors (Lipinski definition) is 7. The normalized spacial score (nSPS) is 14.4. The smallest absolute Gasteiger partial charge is 0.402 e. The van der Waals surface area contributed by atoms with Crippen LogP contribution in [-0.4, -0.2) is 40.2 Å². The molecule has 0 aliphatic carbocycles. The fourth-order valence-electron chi connectivity index (χ4n) is 4.76. The molecule has 5 rings (SSSR count). The summed E-state index contributed by atoms with van der Waals surface area (Å²) in [5.74, 6) is -0.397. The summed E-state index contributed by atoms with van der Waals surface area (Å²) in [6.07, 6.45) is -0.564. The van der Waals surface area contributed by atoms with Gasteiger partial charge in [0.15, 0.2) is 5.69 Å². The topological polar surface area (TPSA) is 96.2 Å². The van der Waals surface area contributed by atoms with Crippen molar-refractivity contribution in [2.45, 2.75) is 52.8 Å². The van der Waals surface area contributed by atoms with E-state index in [-0.39, 0.29) is 29.2 Å². The number of aromatic nitrogens is 3. The highest BCUT2D eigenvalue weighted by Crippen LogP contribution is 2.37. The van der Waals surface area contributed by atoms with Gasteiger partial charge in [-0.2, -0.15) is 13.2 Å². The SMILES string of the molecule is CC.CCCN(CCC)c1cc(C(F)(F)F)cnc1-c1nnc(NC2C=C(c3ccccc3)c3ccccc3NC2=O)o1. The molecule has 43 heavy (non-hydrogen) atoms. The van der Waals surface area contributed by atoms with Crippen LogP contribution in [0, 0.1) is 0 Å². The summed E-state index contributed by atoms with van der Waals surface area (Å²) in [5.41, 5.74) is 2.80. The van der Waals surface area contributed by atoms with Gasteiger partial charge in [-0.3, -0.25) is 4.79 Å². The van der Waals surface area contributed by atoms with Crippen LogP contribution in [0.2, 0.25) is 0 Å². The number of benzene rings is 2.